The number of nitrogens with one attached hydrogen (secondary N) is 1. The van der Waals surface area contributed by atoms with Crippen molar-refractivity contribution in [2.24, 2.45) is 0 Å². The smallest absolute Gasteiger partial charge is 0.140 e. The largest absolute Gasteiger partial charge is 0.486 e. The second-order valence-electron chi connectivity index (χ2n) is 6.83. The Morgan fingerprint density at radius 2 is 2.21 bits per heavy atom. The van der Waals surface area contributed by atoms with Crippen LogP contribution in [0.3, 0.4) is 0 Å². The summed E-state index contributed by atoms with van der Waals surface area (Å²) in [5, 5.41) is 6.72. The topological polar surface area (TPSA) is 61.2 Å². The van der Waals surface area contributed by atoms with Crippen molar-refractivity contribution in [2.75, 3.05) is 6.61 Å². The molecular formula is C21H26N4O2S. The normalized spacial score (nSPS) is 19.6. The molecule has 3 heterocycles. The van der Waals surface area contributed by atoms with Crippen LogP contribution in [-0.4, -0.2) is 27.2 Å². The summed E-state index contributed by atoms with van der Waals surface area (Å²) < 4.78 is 14.0. The van der Waals surface area contributed by atoms with E-state index < -0.39 is 0 Å². The fourth-order valence-electron chi connectivity index (χ4n) is 3.48. The summed E-state index contributed by atoms with van der Waals surface area (Å²) in [4.78, 5) is 9.24. The van der Waals surface area contributed by atoms with Crippen LogP contribution >= 0.6 is 11.3 Å². The second kappa shape index (κ2) is 9.32. The number of imidazole rings is 1. The monoisotopic (exact) mass is 398 g/mol. The molecule has 6 nitrogen and oxygen atoms in total. The number of aromatic nitrogens is 3. The van der Waals surface area contributed by atoms with Crippen LogP contribution in [-0.2, 0) is 24.4 Å². The van der Waals surface area contributed by atoms with Gasteiger partial charge in [-0.1, -0.05) is 18.2 Å². The molecule has 3 aromatic rings. The van der Waals surface area contributed by atoms with Crippen LogP contribution in [0, 0.1) is 0 Å². The molecule has 2 aromatic heterocycles. The summed E-state index contributed by atoms with van der Waals surface area (Å²) in [6, 6.07) is 10.1. The van der Waals surface area contributed by atoms with Crippen LogP contribution in [0.2, 0.25) is 0 Å². The van der Waals surface area contributed by atoms with Gasteiger partial charge in [0.2, 0.25) is 0 Å². The van der Waals surface area contributed by atoms with Crippen molar-refractivity contribution in [3.8, 4) is 5.75 Å². The lowest BCUT2D eigenvalue weighted by molar-refractivity contribution is -0.0183. The number of hydrogen-bond donors (Lipinski definition) is 1. The molecular weight excluding hydrogens is 372 g/mol. The van der Waals surface area contributed by atoms with Crippen molar-refractivity contribution in [2.45, 2.75) is 51.6 Å². The molecule has 1 saturated heterocycles. The Bertz CT molecular complexity index is 864. The quantitative estimate of drug-likeness (QED) is 0.623. The number of ether oxygens (including phenoxy) is 2. The summed E-state index contributed by atoms with van der Waals surface area (Å²) in [5.41, 5.74) is 1.04. The Morgan fingerprint density at radius 3 is 3.07 bits per heavy atom. The fraction of sp³-hybridized carbons (Fsp3) is 0.429. The van der Waals surface area contributed by atoms with Crippen molar-refractivity contribution in [3.05, 3.63) is 64.6 Å². The SMILES string of the molecule is CCn1ccnc1[C@H]1OCCC[C@@H]1NCc1csc(COc2ccccc2)n1. The molecule has 0 saturated carbocycles. The van der Waals surface area contributed by atoms with E-state index in [1.165, 1.54) is 0 Å². The predicted octanol–water partition coefficient (Wildman–Crippen LogP) is 3.95. The third-order valence-corrected chi connectivity index (χ3v) is 5.79. The van der Waals surface area contributed by atoms with E-state index in [-0.39, 0.29) is 12.1 Å². The van der Waals surface area contributed by atoms with Gasteiger partial charge in [0, 0.05) is 43.5 Å². The molecule has 1 aliphatic rings. The summed E-state index contributed by atoms with van der Waals surface area (Å²) >= 11 is 1.64. The van der Waals surface area contributed by atoms with E-state index >= 15 is 0 Å². The van der Waals surface area contributed by atoms with Gasteiger partial charge in [-0.05, 0) is 31.9 Å². The van der Waals surface area contributed by atoms with Gasteiger partial charge in [-0.3, -0.25) is 0 Å². The first-order chi connectivity index (χ1) is 13.8. The summed E-state index contributed by atoms with van der Waals surface area (Å²) in [6.07, 6.45) is 6.00. The molecule has 4 rings (SSSR count). The van der Waals surface area contributed by atoms with Crippen LogP contribution in [0.25, 0.3) is 0 Å². The van der Waals surface area contributed by atoms with Gasteiger partial charge in [0.15, 0.2) is 0 Å². The zero-order valence-corrected chi connectivity index (χ0v) is 16.9. The Balaban J connectivity index is 1.33. The molecule has 7 heteroatoms. The van der Waals surface area contributed by atoms with E-state index in [9.17, 15) is 0 Å². The lowest BCUT2D eigenvalue weighted by atomic mass is 10.0. The highest BCUT2D eigenvalue weighted by Gasteiger charge is 2.30. The number of nitrogens with zero attached hydrogens (tertiary/aromatic N) is 3. The average Bonchev–Trinajstić information content (AvgIpc) is 3.41. The molecule has 1 aliphatic heterocycles. The highest BCUT2D eigenvalue weighted by molar-refractivity contribution is 7.09. The zero-order valence-electron chi connectivity index (χ0n) is 16.1. The molecule has 2 atom stereocenters. The van der Waals surface area contributed by atoms with Crippen molar-refractivity contribution in [1.82, 2.24) is 19.9 Å². The number of thiazole rings is 1. The molecule has 28 heavy (non-hydrogen) atoms. The van der Waals surface area contributed by atoms with E-state index in [0.717, 1.165) is 54.8 Å². The van der Waals surface area contributed by atoms with Crippen LogP contribution in [0.5, 0.6) is 5.75 Å². The van der Waals surface area contributed by atoms with Gasteiger partial charge < -0.3 is 19.4 Å². The lowest BCUT2D eigenvalue weighted by Crippen LogP contribution is -2.40. The van der Waals surface area contributed by atoms with Crippen LogP contribution < -0.4 is 10.1 Å². The van der Waals surface area contributed by atoms with E-state index in [0.29, 0.717) is 6.61 Å². The standard InChI is InChI=1S/C21H26N4O2S/c1-2-25-11-10-22-21(25)20-18(9-6-12-26-20)23-13-16-15-28-19(24-16)14-27-17-7-4-3-5-8-17/h3-5,7-8,10-11,15,18,20,23H,2,6,9,12-14H2,1H3/t18-,20-/m0/s1. The molecule has 0 amide bonds. The van der Waals surface area contributed by atoms with Crippen molar-refractivity contribution in [3.63, 3.8) is 0 Å². The summed E-state index contributed by atoms with van der Waals surface area (Å²) in [6.45, 7) is 5.04. The first kappa shape index (κ1) is 19.1. The number of hydrogen-bond acceptors (Lipinski definition) is 6. The van der Waals surface area contributed by atoms with Gasteiger partial charge in [-0.25, -0.2) is 9.97 Å². The molecule has 0 unspecified atom stereocenters. The minimum Gasteiger partial charge on any atom is -0.486 e. The van der Waals surface area contributed by atoms with Crippen molar-refractivity contribution < 1.29 is 9.47 Å². The third kappa shape index (κ3) is 4.60. The Morgan fingerprint density at radius 1 is 1.32 bits per heavy atom. The average molecular weight is 399 g/mol. The molecule has 1 N–H and O–H groups in total. The molecule has 1 aromatic carbocycles. The maximum Gasteiger partial charge on any atom is 0.140 e. The first-order valence-corrected chi connectivity index (χ1v) is 10.7. The lowest BCUT2D eigenvalue weighted by Gasteiger charge is -2.32. The van der Waals surface area contributed by atoms with Crippen molar-refractivity contribution >= 4 is 11.3 Å². The van der Waals surface area contributed by atoms with Gasteiger partial charge in [0.25, 0.3) is 0 Å². The van der Waals surface area contributed by atoms with E-state index in [2.05, 4.69) is 27.2 Å². The Labute approximate surface area is 169 Å². The van der Waals surface area contributed by atoms with Gasteiger partial charge in [-0.2, -0.15) is 0 Å². The number of aryl methyl sites for hydroxylation is 1. The van der Waals surface area contributed by atoms with Crippen LogP contribution in [0.15, 0.2) is 48.1 Å². The summed E-state index contributed by atoms with van der Waals surface area (Å²) in [7, 11) is 0. The van der Waals surface area contributed by atoms with E-state index in [4.69, 9.17) is 14.5 Å². The second-order valence-corrected chi connectivity index (χ2v) is 7.77. The fourth-order valence-corrected chi connectivity index (χ4v) is 4.19. The van der Waals surface area contributed by atoms with Gasteiger partial charge in [0.1, 0.15) is 29.3 Å². The molecule has 0 radical (unpaired) electrons. The maximum absolute atomic E-state index is 6.08. The number of benzene rings is 1. The van der Waals surface area contributed by atoms with Crippen LogP contribution in [0.1, 0.15) is 42.4 Å². The number of para-hydroxylation sites is 1. The van der Waals surface area contributed by atoms with E-state index in [1.54, 1.807) is 11.3 Å². The highest BCUT2D eigenvalue weighted by atomic mass is 32.1. The molecule has 0 aliphatic carbocycles. The highest BCUT2D eigenvalue weighted by Crippen LogP contribution is 2.28. The molecule has 0 bridgehead atoms. The first-order valence-electron chi connectivity index (χ1n) is 9.80. The van der Waals surface area contributed by atoms with Crippen LogP contribution in [0.4, 0.5) is 0 Å². The molecule has 0 spiro atoms. The number of rotatable bonds is 8. The van der Waals surface area contributed by atoms with Gasteiger partial charge in [-0.15, -0.1) is 11.3 Å². The molecule has 1 fully saturated rings. The minimum absolute atomic E-state index is 0.0109. The maximum atomic E-state index is 6.08. The zero-order chi connectivity index (χ0) is 19.2. The van der Waals surface area contributed by atoms with E-state index in [1.807, 2.05) is 42.7 Å². The molecule has 148 valence electrons. The van der Waals surface area contributed by atoms with Crippen molar-refractivity contribution in [1.29, 1.82) is 0 Å². The Hall–Kier alpha value is -2.22. The van der Waals surface area contributed by atoms with Gasteiger partial charge in [0.05, 0.1) is 5.69 Å². The Kier molecular flexibility index (Phi) is 6.36. The summed E-state index contributed by atoms with van der Waals surface area (Å²) in [5.74, 6) is 1.88. The predicted molar refractivity (Wildman–Crippen MR) is 109 cm³/mol. The minimum atomic E-state index is -0.0109. The van der Waals surface area contributed by atoms with Gasteiger partial charge >= 0.3 is 0 Å². The third-order valence-electron chi connectivity index (χ3n) is 4.92.